The van der Waals surface area contributed by atoms with Crippen molar-refractivity contribution in [3.63, 3.8) is 0 Å². The zero-order valence-electron chi connectivity index (χ0n) is 16.5. The Morgan fingerprint density at radius 3 is 2.03 bits per heavy atom. The number of aliphatic hydroxyl groups is 4. The number of β-lactam (4-membered cyclic amide) rings is 1. The van der Waals surface area contributed by atoms with Crippen LogP contribution >= 0.6 is 0 Å². The van der Waals surface area contributed by atoms with Gasteiger partial charge in [-0.2, -0.15) is 0 Å². The number of hydrogen-bond acceptors (Lipinski definition) is 5. The van der Waals surface area contributed by atoms with E-state index in [0.29, 0.717) is 12.8 Å². The van der Waals surface area contributed by atoms with E-state index in [1.54, 1.807) is 4.90 Å². The van der Waals surface area contributed by atoms with Crippen molar-refractivity contribution in [3.05, 3.63) is 65.2 Å². The number of hydrogen-bond donors (Lipinski definition) is 4. The lowest BCUT2D eigenvalue weighted by Crippen LogP contribution is -2.46. The monoisotopic (exact) mass is 399 g/mol. The normalized spacial score (nSPS) is 16.8. The first-order valence-electron chi connectivity index (χ1n) is 10.0. The molecule has 0 aromatic heterocycles. The van der Waals surface area contributed by atoms with E-state index in [1.165, 1.54) is 0 Å². The Morgan fingerprint density at radius 1 is 0.897 bits per heavy atom. The minimum absolute atomic E-state index is 0.00616. The van der Waals surface area contributed by atoms with Gasteiger partial charge in [-0.15, -0.1) is 0 Å². The number of amides is 1. The number of nitrogens with zero attached hydrogens (tertiary/aromatic N) is 1. The summed E-state index contributed by atoms with van der Waals surface area (Å²) in [6.07, 6.45) is 2.83. The molecule has 0 saturated carbocycles. The third kappa shape index (κ3) is 5.03. The van der Waals surface area contributed by atoms with E-state index < -0.39 is 18.8 Å². The van der Waals surface area contributed by atoms with Crippen molar-refractivity contribution in [1.82, 2.24) is 0 Å². The minimum atomic E-state index is -1.46. The van der Waals surface area contributed by atoms with E-state index in [4.69, 9.17) is 5.11 Å². The molecule has 1 unspecified atom stereocenters. The van der Waals surface area contributed by atoms with Gasteiger partial charge in [0.1, 0.15) is 5.60 Å². The van der Waals surface area contributed by atoms with E-state index >= 15 is 0 Å². The predicted octanol–water partition coefficient (Wildman–Crippen LogP) is 1.74. The fourth-order valence-electron chi connectivity index (χ4n) is 3.61. The highest BCUT2D eigenvalue weighted by molar-refractivity contribution is 6.01. The lowest BCUT2D eigenvalue weighted by atomic mass is 9.91. The maximum atomic E-state index is 12.2. The van der Waals surface area contributed by atoms with Crippen molar-refractivity contribution in [3.8, 4) is 0 Å². The lowest BCUT2D eigenvalue weighted by Gasteiger charge is -2.41. The molecule has 29 heavy (non-hydrogen) atoms. The van der Waals surface area contributed by atoms with Crippen LogP contribution in [0.25, 0.3) is 0 Å². The summed E-state index contributed by atoms with van der Waals surface area (Å²) < 4.78 is 0. The Kier molecular flexibility index (Phi) is 7.03. The third-order valence-electron chi connectivity index (χ3n) is 5.62. The molecule has 0 bridgehead atoms. The highest BCUT2D eigenvalue weighted by Crippen LogP contribution is 2.39. The van der Waals surface area contributed by atoms with Gasteiger partial charge in [-0.25, -0.2) is 0 Å². The molecule has 2 aromatic rings. The molecule has 4 N–H and O–H groups in total. The number of benzene rings is 2. The smallest absolute Gasteiger partial charge is 0.230 e. The van der Waals surface area contributed by atoms with Gasteiger partial charge in [0.05, 0.1) is 25.7 Å². The van der Waals surface area contributed by atoms with Crippen LogP contribution in [0, 0.1) is 0 Å². The van der Waals surface area contributed by atoms with Crippen LogP contribution < -0.4 is 4.90 Å². The van der Waals surface area contributed by atoms with Crippen molar-refractivity contribution in [2.24, 2.45) is 0 Å². The summed E-state index contributed by atoms with van der Waals surface area (Å²) in [6, 6.07) is 15.8. The Balaban J connectivity index is 1.65. The topological polar surface area (TPSA) is 101 Å². The first kappa shape index (κ1) is 21.5. The highest BCUT2D eigenvalue weighted by atomic mass is 16.4. The number of aryl methyl sites for hydroxylation is 2. The van der Waals surface area contributed by atoms with Crippen LogP contribution in [0.2, 0.25) is 0 Å². The van der Waals surface area contributed by atoms with Crippen molar-refractivity contribution >= 4 is 11.6 Å². The van der Waals surface area contributed by atoms with Gasteiger partial charge >= 0.3 is 0 Å². The summed E-state index contributed by atoms with van der Waals surface area (Å²) in [4.78, 5) is 14.0. The molecule has 1 fully saturated rings. The van der Waals surface area contributed by atoms with Crippen LogP contribution in [-0.2, 0) is 17.6 Å². The molecule has 1 amide bonds. The van der Waals surface area contributed by atoms with Gasteiger partial charge in [0.15, 0.2) is 0 Å². The zero-order valence-corrected chi connectivity index (χ0v) is 16.5. The quantitative estimate of drug-likeness (QED) is 0.456. The molecule has 1 heterocycles. The molecule has 0 radical (unpaired) electrons. The SMILES string of the molecule is O=C1CC(c2ccc(CCC(O)(CO)CO)cc2)N1c1ccc(CCCO)cc1. The summed E-state index contributed by atoms with van der Waals surface area (Å²) in [6.45, 7) is -0.775. The molecule has 3 rings (SSSR count). The second-order valence-electron chi connectivity index (χ2n) is 7.76. The molecule has 1 aliphatic heterocycles. The molecular formula is C23H29NO5. The van der Waals surface area contributed by atoms with Gasteiger partial charge in [-0.3, -0.25) is 4.79 Å². The molecule has 1 atom stereocenters. The van der Waals surface area contributed by atoms with Crippen molar-refractivity contribution < 1.29 is 25.2 Å². The average molecular weight is 399 g/mol. The third-order valence-corrected chi connectivity index (χ3v) is 5.62. The number of aliphatic hydroxyl groups excluding tert-OH is 3. The maximum Gasteiger partial charge on any atom is 0.230 e. The van der Waals surface area contributed by atoms with Crippen molar-refractivity contribution in [2.45, 2.75) is 43.7 Å². The molecule has 1 saturated heterocycles. The van der Waals surface area contributed by atoms with E-state index in [2.05, 4.69) is 0 Å². The molecule has 156 valence electrons. The summed E-state index contributed by atoms with van der Waals surface area (Å²) in [5.41, 5.74) is 2.61. The van der Waals surface area contributed by atoms with E-state index in [1.807, 2.05) is 48.5 Å². The lowest BCUT2D eigenvalue weighted by molar-refractivity contribution is -0.124. The minimum Gasteiger partial charge on any atom is -0.396 e. The largest absolute Gasteiger partial charge is 0.396 e. The fraction of sp³-hybridized carbons (Fsp3) is 0.435. The van der Waals surface area contributed by atoms with Crippen LogP contribution in [-0.4, -0.2) is 51.8 Å². The average Bonchev–Trinajstić information content (AvgIpc) is 2.75. The zero-order chi connectivity index (χ0) is 20.9. The predicted molar refractivity (Wildman–Crippen MR) is 111 cm³/mol. The Hall–Kier alpha value is -2.25. The molecule has 0 spiro atoms. The number of anilines is 1. The molecule has 0 aliphatic carbocycles. The molecule has 2 aromatic carbocycles. The Bertz CT molecular complexity index is 799. The number of carbonyl (C=O) groups excluding carboxylic acids is 1. The van der Waals surface area contributed by atoms with Crippen LogP contribution in [0.1, 0.15) is 42.0 Å². The van der Waals surface area contributed by atoms with Crippen molar-refractivity contribution in [1.29, 1.82) is 0 Å². The van der Waals surface area contributed by atoms with Gasteiger partial charge in [-0.1, -0.05) is 36.4 Å². The highest BCUT2D eigenvalue weighted by Gasteiger charge is 2.38. The summed E-state index contributed by atoms with van der Waals surface area (Å²) >= 11 is 0. The first-order chi connectivity index (χ1) is 14.0. The first-order valence-corrected chi connectivity index (χ1v) is 10.0. The van der Waals surface area contributed by atoms with Crippen LogP contribution in [0.5, 0.6) is 0 Å². The Morgan fingerprint density at radius 2 is 1.48 bits per heavy atom. The number of rotatable bonds is 10. The standard InChI is InChI=1S/C23H29NO5/c25-13-1-2-17-5-9-20(10-6-17)24-21(14-22(24)28)19-7-3-18(4-8-19)11-12-23(29,15-26)16-27/h3-10,21,25-27,29H,1-2,11-16H2. The van der Waals surface area contributed by atoms with Gasteiger partial charge in [-0.05, 0) is 54.5 Å². The fourth-order valence-corrected chi connectivity index (χ4v) is 3.61. The van der Waals surface area contributed by atoms with Gasteiger partial charge in [0, 0.05) is 12.3 Å². The van der Waals surface area contributed by atoms with Crippen LogP contribution in [0.15, 0.2) is 48.5 Å². The molecule has 1 aliphatic rings. The Labute approximate surface area is 171 Å². The second-order valence-corrected chi connectivity index (χ2v) is 7.76. The maximum absolute atomic E-state index is 12.2. The molecule has 6 nitrogen and oxygen atoms in total. The summed E-state index contributed by atoms with van der Waals surface area (Å²) in [7, 11) is 0. The van der Waals surface area contributed by atoms with Gasteiger partial charge in [0.25, 0.3) is 0 Å². The molecule has 6 heteroatoms. The van der Waals surface area contributed by atoms with Gasteiger partial charge < -0.3 is 25.3 Å². The van der Waals surface area contributed by atoms with E-state index in [-0.39, 0.29) is 25.0 Å². The van der Waals surface area contributed by atoms with E-state index in [0.717, 1.165) is 35.2 Å². The van der Waals surface area contributed by atoms with Crippen LogP contribution in [0.4, 0.5) is 5.69 Å². The summed E-state index contributed by atoms with van der Waals surface area (Å²) in [5.74, 6) is 0.0955. The molecular weight excluding hydrogens is 370 g/mol. The number of carbonyl (C=O) groups is 1. The second kappa shape index (κ2) is 9.50. The summed E-state index contributed by atoms with van der Waals surface area (Å²) in [5, 5.41) is 37.3. The van der Waals surface area contributed by atoms with Crippen LogP contribution in [0.3, 0.4) is 0 Å². The van der Waals surface area contributed by atoms with E-state index in [9.17, 15) is 20.1 Å². The van der Waals surface area contributed by atoms with Gasteiger partial charge in [0.2, 0.25) is 5.91 Å². The van der Waals surface area contributed by atoms with Crippen molar-refractivity contribution in [2.75, 3.05) is 24.7 Å².